The minimum Gasteiger partial charge on any atom is -0.465 e. The van der Waals surface area contributed by atoms with Gasteiger partial charge in [0.05, 0.1) is 23.4 Å². The van der Waals surface area contributed by atoms with Crippen molar-refractivity contribution in [1.29, 1.82) is 0 Å². The van der Waals surface area contributed by atoms with E-state index in [1.807, 2.05) is 30.3 Å². The number of aryl methyl sites for hydroxylation is 1. The van der Waals surface area contributed by atoms with E-state index >= 15 is 0 Å². The van der Waals surface area contributed by atoms with Gasteiger partial charge in [0.1, 0.15) is 5.76 Å². The van der Waals surface area contributed by atoms with Crippen molar-refractivity contribution < 1.29 is 18.7 Å². The monoisotopic (exact) mass is 370 g/mol. The predicted octanol–water partition coefficient (Wildman–Crippen LogP) is 4.34. The van der Waals surface area contributed by atoms with Crippen LogP contribution in [0.15, 0.2) is 52.9 Å². The van der Waals surface area contributed by atoms with Gasteiger partial charge in [-0.2, -0.15) is 0 Å². The second-order valence-corrected chi connectivity index (χ2v) is 5.84. The van der Waals surface area contributed by atoms with Gasteiger partial charge in [0.2, 0.25) is 5.89 Å². The van der Waals surface area contributed by atoms with Crippen LogP contribution in [0.5, 0.6) is 0 Å². The fourth-order valence-corrected chi connectivity index (χ4v) is 2.52. The first-order chi connectivity index (χ1) is 12.5. The Balaban J connectivity index is 1.87. The molecule has 0 saturated carbocycles. The quantitative estimate of drug-likeness (QED) is 0.691. The number of hydrogen-bond acceptors (Lipinski definition) is 5. The van der Waals surface area contributed by atoms with Crippen molar-refractivity contribution in [3.8, 4) is 11.5 Å². The zero-order valence-electron chi connectivity index (χ0n) is 14.1. The molecule has 0 atom stereocenters. The molecular weight excluding hydrogens is 356 g/mol. The number of oxazole rings is 1. The molecule has 3 aromatic rings. The van der Waals surface area contributed by atoms with Crippen molar-refractivity contribution in [1.82, 2.24) is 4.98 Å². The molecule has 2 aromatic carbocycles. The number of nitrogens with zero attached hydrogens (tertiary/aromatic N) is 1. The molecule has 1 aromatic heterocycles. The number of esters is 1. The smallest absolute Gasteiger partial charge is 0.337 e. The molecule has 0 fully saturated rings. The molecule has 0 spiro atoms. The lowest BCUT2D eigenvalue weighted by Gasteiger charge is -2.08. The van der Waals surface area contributed by atoms with E-state index < -0.39 is 11.9 Å². The lowest BCUT2D eigenvalue weighted by molar-refractivity contribution is 0.0600. The number of nitrogens with one attached hydrogen (secondary N) is 1. The molecular formula is C19H15ClN2O4. The summed E-state index contributed by atoms with van der Waals surface area (Å²) in [7, 11) is 1.28. The standard InChI is InChI=1S/C19H15ClN2O4/c1-11-16(22-18(26-11)12-6-4-3-5-7-12)17(23)21-15-10-13(19(24)25-2)8-9-14(15)20/h3-10H,1-2H3,(H,21,23). The largest absolute Gasteiger partial charge is 0.465 e. The van der Waals surface area contributed by atoms with Crippen LogP contribution >= 0.6 is 11.6 Å². The lowest BCUT2D eigenvalue weighted by Crippen LogP contribution is -2.14. The molecule has 0 unspecified atom stereocenters. The maximum Gasteiger partial charge on any atom is 0.337 e. The Hall–Kier alpha value is -3.12. The highest BCUT2D eigenvalue weighted by Gasteiger charge is 2.19. The molecule has 0 aliphatic heterocycles. The van der Waals surface area contributed by atoms with E-state index in [-0.39, 0.29) is 22.0 Å². The molecule has 3 rings (SSSR count). The van der Waals surface area contributed by atoms with Crippen LogP contribution < -0.4 is 5.32 Å². The summed E-state index contributed by atoms with van der Waals surface area (Å²) in [6.45, 7) is 1.65. The summed E-state index contributed by atoms with van der Waals surface area (Å²) in [6, 6.07) is 13.7. The van der Waals surface area contributed by atoms with Crippen LogP contribution in [0.25, 0.3) is 11.5 Å². The number of benzene rings is 2. The summed E-state index contributed by atoms with van der Waals surface area (Å²) in [4.78, 5) is 28.5. The fraction of sp³-hybridized carbons (Fsp3) is 0.105. The highest BCUT2D eigenvalue weighted by Crippen LogP contribution is 2.26. The van der Waals surface area contributed by atoms with Gasteiger partial charge in [0, 0.05) is 5.56 Å². The number of halogens is 1. The predicted molar refractivity (Wildman–Crippen MR) is 97.4 cm³/mol. The van der Waals surface area contributed by atoms with E-state index in [2.05, 4.69) is 15.0 Å². The van der Waals surface area contributed by atoms with Gasteiger partial charge in [-0.1, -0.05) is 29.8 Å². The number of rotatable bonds is 4. The van der Waals surface area contributed by atoms with Crippen LogP contribution in [0.4, 0.5) is 5.69 Å². The number of anilines is 1. The van der Waals surface area contributed by atoms with Gasteiger partial charge < -0.3 is 14.5 Å². The SMILES string of the molecule is COC(=O)c1ccc(Cl)c(NC(=O)c2nc(-c3ccccc3)oc2C)c1. The summed E-state index contributed by atoms with van der Waals surface area (Å²) >= 11 is 6.11. The van der Waals surface area contributed by atoms with Gasteiger partial charge in [-0.15, -0.1) is 0 Å². The summed E-state index contributed by atoms with van der Waals surface area (Å²) in [5.41, 5.74) is 1.46. The highest BCUT2D eigenvalue weighted by molar-refractivity contribution is 6.34. The van der Waals surface area contributed by atoms with Gasteiger partial charge in [0.25, 0.3) is 5.91 Å². The maximum atomic E-state index is 12.6. The Morgan fingerprint density at radius 3 is 2.58 bits per heavy atom. The Kier molecular flexibility index (Phi) is 5.04. The van der Waals surface area contributed by atoms with Crippen LogP contribution in [0.2, 0.25) is 5.02 Å². The topological polar surface area (TPSA) is 81.4 Å². The number of aromatic nitrogens is 1. The van der Waals surface area contributed by atoms with Gasteiger partial charge in [-0.3, -0.25) is 4.79 Å². The molecule has 0 aliphatic carbocycles. The van der Waals surface area contributed by atoms with E-state index in [0.29, 0.717) is 11.7 Å². The minimum atomic E-state index is -0.527. The van der Waals surface area contributed by atoms with Crippen molar-refractivity contribution in [2.24, 2.45) is 0 Å². The van der Waals surface area contributed by atoms with Crippen molar-refractivity contribution in [2.45, 2.75) is 6.92 Å². The van der Waals surface area contributed by atoms with Crippen molar-refractivity contribution in [3.63, 3.8) is 0 Å². The van der Waals surface area contributed by atoms with Crippen LogP contribution in [0, 0.1) is 6.92 Å². The molecule has 0 bridgehead atoms. The third-order valence-electron chi connectivity index (χ3n) is 3.67. The number of methoxy groups -OCH3 is 1. The van der Waals surface area contributed by atoms with Crippen molar-refractivity contribution in [3.05, 3.63) is 70.6 Å². The zero-order chi connectivity index (χ0) is 18.7. The first-order valence-corrected chi connectivity index (χ1v) is 8.09. The second-order valence-electron chi connectivity index (χ2n) is 5.43. The molecule has 1 N–H and O–H groups in total. The molecule has 26 heavy (non-hydrogen) atoms. The Bertz CT molecular complexity index is 967. The van der Waals surface area contributed by atoms with Gasteiger partial charge >= 0.3 is 5.97 Å². The number of carbonyl (C=O) groups is 2. The molecule has 1 heterocycles. The van der Waals surface area contributed by atoms with E-state index in [9.17, 15) is 9.59 Å². The summed E-state index contributed by atoms with van der Waals surface area (Å²) in [5, 5.41) is 2.94. The molecule has 0 saturated heterocycles. The van der Waals surface area contributed by atoms with E-state index in [1.165, 1.54) is 25.3 Å². The average molecular weight is 371 g/mol. The molecule has 1 amide bonds. The molecule has 7 heteroatoms. The van der Waals surface area contributed by atoms with Gasteiger partial charge in [-0.25, -0.2) is 9.78 Å². The maximum absolute atomic E-state index is 12.6. The fourth-order valence-electron chi connectivity index (χ4n) is 2.36. The molecule has 0 aliphatic rings. The molecule has 132 valence electrons. The summed E-state index contributed by atoms with van der Waals surface area (Å²) in [5.74, 6) is -0.289. The molecule has 0 radical (unpaired) electrons. The molecule has 6 nitrogen and oxygen atoms in total. The van der Waals surface area contributed by atoms with E-state index in [0.717, 1.165) is 5.56 Å². The van der Waals surface area contributed by atoms with Crippen LogP contribution in [0.3, 0.4) is 0 Å². The Morgan fingerprint density at radius 2 is 1.88 bits per heavy atom. The van der Waals surface area contributed by atoms with Gasteiger partial charge in [-0.05, 0) is 37.3 Å². The number of hydrogen-bond donors (Lipinski definition) is 1. The first-order valence-electron chi connectivity index (χ1n) is 7.71. The lowest BCUT2D eigenvalue weighted by atomic mass is 10.2. The van der Waals surface area contributed by atoms with Crippen LogP contribution in [-0.4, -0.2) is 24.0 Å². The minimum absolute atomic E-state index is 0.142. The number of amides is 1. The Morgan fingerprint density at radius 1 is 1.15 bits per heavy atom. The number of carbonyl (C=O) groups excluding carboxylic acids is 2. The van der Waals surface area contributed by atoms with Crippen molar-refractivity contribution >= 4 is 29.2 Å². The van der Waals surface area contributed by atoms with E-state index in [4.69, 9.17) is 16.0 Å². The number of ether oxygens (including phenoxy) is 1. The first kappa shape index (κ1) is 17.7. The zero-order valence-corrected chi connectivity index (χ0v) is 14.8. The van der Waals surface area contributed by atoms with Crippen LogP contribution in [-0.2, 0) is 4.74 Å². The van der Waals surface area contributed by atoms with E-state index in [1.54, 1.807) is 6.92 Å². The second kappa shape index (κ2) is 7.41. The summed E-state index contributed by atoms with van der Waals surface area (Å²) in [6.07, 6.45) is 0. The average Bonchev–Trinajstić information content (AvgIpc) is 3.05. The van der Waals surface area contributed by atoms with Crippen LogP contribution in [0.1, 0.15) is 26.6 Å². The normalized spacial score (nSPS) is 10.4. The Labute approximate surface area is 154 Å². The van der Waals surface area contributed by atoms with Gasteiger partial charge in [0.15, 0.2) is 5.69 Å². The highest BCUT2D eigenvalue weighted by atomic mass is 35.5. The third kappa shape index (κ3) is 3.60. The third-order valence-corrected chi connectivity index (χ3v) is 4.00. The van der Waals surface area contributed by atoms with Crippen molar-refractivity contribution in [2.75, 3.05) is 12.4 Å². The summed E-state index contributed by atoms with van der Waals surface area (Å²) < 4.78 is 10.3.